The van der Waals surface area contributed by atoms with E-state index in [9.17, 15) is 0 Å². The van der Waals surface area contributed by atoms with E-state index < -0.39 is 0 Å². The summed E-state index contributed by atoms with van der Waals surface area (Å²) in [5, 5.41) is 4.29. The minimum Gasteiger partial charge on any atom is -0.316 e. The summed E-state index contributed by atoms with van der Waals surface area (Å²) in [5.41, 5.74) is 2.66. The predicted octanol–water partition coefficient (Wildman–Crippen LogP) is 2.73. The van der Waals surface area contributed by atoms with Crippen molar-refractivity contribution in [3.63, 3.8) is 0 Å². The fourth-order valence-electron chi connectivity index (χ4n) is 2.06. The third kappa shape index (κ3) is 1.72. The maximum absolute atomic E-state index is 6.18. The van der Waals surface area contributed by atoms with Gasteiger partial charge in [-0.25, -0.2) is 0 Å². The second-order valence-electron chi connectivity index (χ2n) is 3.66. The Morgan fingerprint density at radius 2 is 2.31 bits per heavy atom. The van der Waals surface area contributed by atoms with Crippen molar-refractivity contribution in [2.24, 2.45) is 0 Å². The SMILES string of the molecule is Cc1cccc(Cl)c1C1CCNC1. The van der Waals surface area contributed by atoms with E-state index in [2.05, 4.69) is 18.3 Å². The summed E-state index contributed by atoms with van der Waals surface area (Å²) in [6.07, 6.45) is 1.21. The van der Waals surface area contributed by atoms with E-state index in [1.54, 1.807) is 0 Å². The lowest BCUT2D eigenvalue weighted by molar-refractivity contribution is 0.757. The van der Waals surface area contributed by atoms with E-state index in [1.807, 2.05) is 12.1 Å². The Kier molecular flexibility index (Phi) is 2.56. The van der Waals surface area contributed by atoms with Gasteiger partial charge in [-0.15, -0.1) is 0 Å². The summed E-state index contributed by atoms with van der Waals surface area (Å²) in [4.78, 5) is 0. The Bertz CT molecular complexity index is 283. The van der Waals surface area contributed by atoms with Crippen molar-refractivity contribution in [3.8, 4) is 0 Å². The number of halogens is 1. The van der Waals surface area contributed by atoms with Gasteiger partial charge in [-0.1, -0.05) is 23.7 Å². The van der Waals surface area contributed by atoms with Gasteiger partial charge in [0.2, 0.25) is 0 Å². The average Bonchev–Trinajstić information content (AvgIpc) is 2.57. The fourth-order valence-corrected chi connectivity index (χ4v) is 2.44. The molecular weight excluding hydrogens is 182 g/mol. The molecule has 1 heterocycles. The van der Waals surface area contributed by atoms with Crippen molar-refractivity contribution in [1.29, 1.82) is 0 Å². The molecule has 0 aliphatic carbocycles. The van der Waals surface area contributed by atoms with Crippen LogP contribution in [-0.2, 0) is 0 Å². The summed E-state index contributed by atoms with van der Waals surface area (Å²) < 4.78 is 0. The van der Waals surface area contributed by atoms with Gasteiger partial charge in [-0.05, 0) is 43.0 Å². The van der Waals surface area contributed by atoms with Gasteiger partial charge in [0.1, 0.15) is 0 Å². The molecule has 1 fully saturated rings. The molecule has 0 saturated carbocycles. The van der Waals surface area contributed by atoms with Crippen molar-refractivity contribution in [2.45, 2.75) is 19.3 Å². The first-order valence-electron chi connectivity index (χ1n) is 4.75. The van der Waals surface area contributed by atoms with Crippen LogP contribution in [0.1, 0.15) is 23.5 Å². The number of benzene rings is 1. The van der Waals surface area contributed by atoms with E-state index >= 15 is 0 Å². The molecule has 1 aliphatic rings. The van der Waals surface area contributed by atoms with Crippen LogP contribution in [0.3, 0.4) is 0 Å². The average molecular weight is 196 g/mol. The summed E-state index contributed by atoms with van der Waals surface area (Å²) in [6, 6.07) is 6.14. The van der Waals surface area contributed by atoms with Crippen molar-refractivity contribution in [1.82, 2.24) is 5.32 Å². The molecule has 1 saturated heterocycles. The number of nitrogens with one attached hydrogen (secondary N) is 1. The van der Waals surface area contributed by atoms with Crippen LogP contribution in [0, 0.1) is 6.92 Å². The molecule has 2 heteroatoms. The summed E-state index contributed by atoms with van der Waals surface area (Å²) >= 11 is 6.18. The molecule has 13 heavy (non-hydrogen) atoms. The molecule has 1 aromatic carbocycles. The van der Waals surface area contributed by atoms with Gasteiger partial charge in [0.25, 0.3) is 0 Å². The first-order valence-corrected chi connectivity index (χ1v) is 5.12. The predicted molar refractivity (Wildman–Crippen MR) is 56.4 cm³/mol. The minimum atomic E-state index is 0.619. The Hall–Kier alpha value is -0.530. The summed E-state index contributed by atoms with van der Waals surface area (Å²) in [7, 11) is 0. The summed E-state index contributed by atoms with van der Waals surface area (Å²) in [6.45, 7) is 4.33. The van der Waals surface area contributed by atoms with Crippen LogP contribution in [0.15, 0.2) is 18.2 Å². The fraction of sp³-hybridized carbons (Fsp3) is 0.455. The lowest BCUT2D eigenvalue weighted by atomic mass is 9.94. The number of aryl methyl sites for hydroxylation is 1. The Balaban J connectivity index is 2.37. The largest absolute Gasteiger partial charge is 0.316 e. The highest BCUT2D eigenvalue weighted by Crippen LogP contribution is 2.31. The Morgan fingerprint density at radius 1 is 1.46 bits per heavy atom. The Morgan fingerprint density at radius 3 is 2.92 bits per heavy atom. The van der Waals surface area contributed by atoms with Crippen LogP contribution in [0.5, 0.6) is 0 Å². The zero-order valence-corrected chi connectivity index (χ0v) is 8.56. The van der Waals surface area contributed by atoms with Gasteiger partial charge in [-0.2, -0.15) is 0 Å². The normalized spacial score (nSPS) is 22.2. The third-order valence-electron chi connectivity index (χ3n) is 2.74. The number of hydrogen-bond donors (Lipinski definition) is 1. The van der Waals surface area contributed by atoms with Gasteiger partial charge >= 0.3 is 0 Å². The smallest absolute Gasteiger partial charge is 0.0443 e. The van der Waals surface area contributed by atoms with Crippen molar-refractivity contribution < 1.29 is 0 Å². The van der Waals surface area contributed by atoms with Crippen molar-refractivity contribution in [2.75, 3.05) is 13.1 Å². The van der Waals surface area contributed by atoms with Crippen LogP contribution < -0.4 is 5.32 Å². The molecule has 1 N–H and O–H groups in total. The van der Waals surface area contributed by atoms with Crippen molar-refractivity contribution >= 4 is 11.6 Å². The van der Waals surface area contributed by atoms with Gasteiger partial charge in [0.05, 0.1) is 0 Å². The molecular formula is C11H14ClN. The maximum atomic E-state index is 6.18. The van der Waals surface area contributed by atoms with Gasteiger partial charge < -0.3 is 5.32 Å². The van der Waals surface area contributed by atoms with Crippen LogP contribution in [-0.4, -0.2) is 13.1 Å². The van der Waals surface area contributed by atoms with E-state index in [0.29, 0.717) is 5.92 Å². The lowest BCUT2D eigenvalue weighted by Crippen LogP contribution is -2.09. The molecule has 0 amide bonds. The Labute approximate surface area is 84.1 Å². The first kappa shape index (κ1) is 9.04. The zero-order chi connectivity index (χ0) is 9.26. The second-order valence-corrected chi connectivity index (χ2v) is 4.07. The molecule has 1 aliphatic heterocycles. The van der Waals surface area contributed by atoms with Gasteiger partial charge in [-0.3, -0.25) is 0 Å². The van der Waals surface area contributed by atoms with Crippen LogP contribution in [0.4, 0.5) is 0 Å². The van der Waals surface area contributed by atoms with Gasteiger partial charge in [0, 0.05) is 11.6 Å². The molecule has 1 nitrogen and oxygen atoms in total. The molecule has 1 unspecified atom stereocenters. The molecule has 0 radical (unpaired) electrons. The van der Waals surface area contributed by atoms with E-state index in [1.165, 1.54) is 17.5 Å². The number of hydrogen-bond acceptors (Lipinski definition) is 1. The molecule has 2 rings (SSSR count). The molecule has 0 bridgehead atoms. The maximum Gasteiger partial charge on any atom is 0.0443 e. The third-order valence-corrected chi connectivity index (χ3v) is 3.07. The topological polar surface area (TPSA) is 12.0 Å². The van der Waals surface area contributed by atoms with E-state index in [4.69, 9.17) is 11.6 Å². The highest BCUT2D eigenvalue weighted by Gasteiger charge is 2.20. The zero-order valence-electron chi connectivity index (χ0n) is 7.81. The second kappa shape index (κ2) is 3.69. The van der Waals surface area contributed by atoms with Crippen LogP contribution in [0.2, 0.25) is 5.02 Å². The highest BCUT2D eigenvalue weighted by atomic mass is 35.5. The van der Waals surface area contributed by atoms with Crippen LogP contribution in [0.25, 0.3) is 0 Å². The van der Waals surface area contributed by atoms with E-state index in [0.717, 1.165) is 18.1 Å². The molecule has 1 atom stereocenters. The molecule has 1 aromatic rings. The lowest BCUT2D eigenvalue weighted by Gasteiger charge is -2.13. The van der Waals surface area contributed by atoms with Gasteiger partial charge in [0.15, 0.2) is 0 Å². The quantitative estimate of drug-likeness (QED) is 0.727. The number of rotatable bonds is 1. The first-order chi connectivity index (χ1) is 6.29. The summed E-state index contributed by atoms with van der Waals surface area (Å²) in [5.74, 6) is 0.619. The molecule has 70 valence electrons. The van der Waals surface area contributed by atoms with Crippen molar-refractivity contribution in [3.05, 3.63) is 34.3 Å². The minimum absolute atomic E-state index is 0.619. The molecule has 0 aromatic heterocycles. The van der Waals surface area contributed by atoms with Crippen LogP contribution >= 0.6 is 11.6 Å². The molecule has 0 spiro atoms. The van der Waals surface area contributed by atoms with E-state index in [-0.39, 0.29) is 0 Å². The monoisotopic (exact) mass is 195 g/mol. The standard InChI is InChI=1S/C11H14ClN/c1-8-3-2-4-10(12)11(8)9-5-6-13-7-9/h2-4,9,13H,5-7H2,1H3. The highest BCUT2D eigenvalue weighted by molar-refractivity contribution is 6.31.